The third kappa shape index (κ3) is 3.10. The van der Waals surface area contributed by atoms with Crippen LogP contribution < -0.4 is 5.32 Å². The number of benzene rings is 2. The number of aromatic nitrogens is 1. The fourth-order valence-electron chi connectivity index (χ4n) is 2.16. The molecule has 22 heavy (non-hydrogen) atoms. The van der Waals surface area contributed by atoms with Crippen molar-refractivity contribution in [3.63, 3.8) is 0 Å². The second-order valence-electron chi connectivity index (χ2n) is 5.28. The minimum absolute atomic E-state index is 0.267. The van der Waals surface area contributed by atoms with E-state index >= 15 is 0 Å². The standard InChI is InChI=1S/C17H18N2O3/c1-11-2-4-12(5-3-11)17-19-15-8-13(6-7-16(15)22-17)18-9-14(21)10-20/h2-8,14,18,20-21H,9-10H2,1H3. The minimum atomic E-state index is -0.781. The van der Waals surface area contributed by atoms with Crippen LogP contribution in [0.25, 0.3) is 22.6 Å². The highest BCUT2D eigenvalue weighted by Gasteiger charge is 2.09. The van der Waals surface area contributed by atoms with Crippen LogP contribution in [0, 0.1) is 6.92 Å². The highest BCUT2D eigenvalue weighted by molar-refractivity contribution is 5.80. The smallest absolute Gasteiger partial charge is 0.227 e. The zero-order valence-electron chi connectivity index (χ0n) is 12.3. The summed E-state index contributed by atoms with van der Waals surface area (Å²) in [6.45, 7) is 2.05. The maximum Gasteiger partial charge on any atom is 0.227 e. The second kappa shape index (κ2) is 6.17. The van der Waals surface area contributed by atoms with Gasteiger partial charge in [0.25, 0.3) is 0 Å². The highest BCUT2D eigenvalue weighted by Crippen LogP contribution is 2.26. The average Bonchev–Trinajstić information content (AvgIpc) is 2.96. The number of nitrogens with one attached hydrogen (secondary N) is 1. The number of aliphatic hydroxyl groups excluding tert-OH is 2. The van der Waals surface area contributed by atoms with Gasteiger partial charge in [0, 0.05) is 17.8 Å². The number of aryl methyl sites for hydroxylation is 1. The lowest BCUT2D eigenvalue weighted by Gasteiger charge is -2.09. The van der Waals surface area contributed by atoms with Crippen molar-refractivity contribution in [2.45, 2.75) is 13.0 Å². The summed E-state index contributed by atoms with van der Waals surface area (Å²) in [5.41, 5.74) is 4.41. The Bertz CT molecular complexity index is 765. The summed E-state index contributed by atoms with van der Waals surface area (Å²) in [4.78, 5) is 4.50. The normalized spacial score (nSPS) is 12.5. The molecule has 0 fully saturated rings. The van der Waals surface area contributed by atoms with Crippen LogP contribution in [-0.2, 0) is 0 Å². The van der Waals surface area contributed by atoms with E-state index in [1.54, 1.807) is 0 Å². The van der Waals surface area contributed by atoms with Gasteiger partial charge < -0.3 is 19.9 Å². The first-order valence-corrected chi connectivity index (χ1v) is 7.16. The molecule has 5 nitrogen and oxygen atoms in total. The van der Waals surface area contributed by atoms with Gasteiger partial charge in [-0.1, -0.05) is 17.7 Å². The largest absolute Gasteiger partial charge is 0.436 e. The van der Waals surface area contributed by atoms with Gasteiger partial charge in [0.05, 0.1) is 12.7 Å². The van der Waals surface area contributed by atoms with Crippen molar-refractivity contribution >= 4 is 16.8 Å². The van der Waals surface area contributed by atoms with Crippen LogP contribution in [0.5, 0.6) is 0 Å². The Balaban J connectivity index is 1.85. The first-order chi connectivity index (χ1) is 10.7. The van der Waals surface area contributed by atoms with Gasteiger partial charge in [0.1, 0.15) is 5.52 Å². The topological polar surface area (TPSA) is 78.5 Å². The van der Waals surface area contributed by atoms with Crippen molar-refractivity contribution in [1.29, 1.82) is 0 Å². The Hall–Kier alpha value is -2.37. The zero-order valence-corrected chi connectivity index (χ0v) is 12.3. The van der Waals surface area contributed by atoms with E-state index in [9.17, 15) is 5.11 Å². The van der Waals surface area contributed by atoms with E-state index in [2.05, 4.69) is 10.3 Å². The van der Waals surface area contributed by atoms with Gasteiger partial charge in [-0.3, -0.25) is 0 Å². The van der Waals surface area contributed by atoms with Gasteiger partial charge in [-0.05, 0) is 37.3 Å². The van der Waals surface area contributed by atoms with Gasteiger partial charge in [-0.2, -0.15) is 0 Å². The summed E-state index contributed by atoms with van der Waals surface area (Å²) in [7, 11) is 0. The Labute approximate surface area is 128 Å². The molecule has 1 atom stereocenters. The van der Waals surface area contributed by atoms with E-state index in [0.717, 1.165) is 16.8 Å². The summed E-state index contributed by atoms with van der Waals surface area (Å²) in [6, 6.07) is 13.6. The van der Waals surface area contributed by atoms with Crippen molar-refractivity contribution in [3.8, 4) is 11.5 Å². The number of anilines is 1. The zero-order chi connectivity index (χ0) is 15.5. The number of nitrogens with zero attached hydrogens (tertiary/aromatic N) is 1. The molecule has 3 N–H and O–H groups in total. The molecule has 5 heteroatoms. The van der Waals surface area contributed by atoms with E-state index in [1.807, 2.05) is 49.4 Å². The maximum atomic E-state index is 9.36. The highest BCUT2D eigenvalue weighted by atomic mass is 16.3. The fourth-order valence-corrected chi connectivity index (χ4v) is 2.16. The van der Waals surface area contributed by atoms with Crippen molar-refractivity contribution in [3.05, 3.63) is 48.0 Å². The Morgan fingerprint density at radius 3 is 2.68 bits per heavy atom. The molecular weight excluding hydrogens is 280 g/mol. The molecule has 114 valence electrons. The predicted octanol–water partition coefficient (Wildman–Crippen LogP) is 2.57. The summed E-state index contributed by atoms with van der Waals surface area (Å²) in [6.07, 6.45) is -0.781. The second-order valence-corrected chi connectivity index (χ2v) is 5.28. The Kier molecular flexibility index (Phi) is 4.09. The van der Waals surface area contributed by atoms with Gasteiger partial charge in [-0.25, -0.2) is 4.98 Å². The fraction of sp³-hybridized carbons (Fsp3) is 0.235. The van der Waals surface area contributed by atoms with Crippen LogP contribution in [0.3, 0.4) is 0 Å². The molecule has 0 aliphatic rings. The number of fused-ring (bicyclic) bond motifs is 1. The number of aliphatic hydroxyl groups is 2. The third-order valence-electron chi connectivity index (χ3n) is 3.44. The number of hydrogen-bond donors (Lipinski definition) is 3. The van der Waals surface area contributed by atoms with Gasteiger partial charge in [0.15, 0.2) is 5.58 Å². The van der Waals surface area contributed by atoms with E-state index in [4.69, 9.17) is 9.52 Å². The van der Waals surface area contributed by atoms with Crippen molar-refractivity contribution < 1.29 is 14.6 Å². The molecule has 3 aromatic rings. The molecule has 0 aliphatic heterocycles. The lowest BCUT2D eigenvalue weighted by molar-refractivity contribution is 0.105. The van der Waals surface area contributed by atoms with Crippen LogP contribution in [-0.4, -0.2) is 34.5 Å². The molecule has 0 radical (unpaired) electrons. The van der Waals surface area contributed by atoms with Crippen molar-refractivity contribution in [2.24, 2.45) is 0 Å². The molecule has 0 aliphatic carbocycles. The van der Waals surface area contributed by atoms with Crippen LogP contribution in [0.15, 0.2) is 46.9 Å². The van der Waals surface area contributed by atoms with Crippen LogP contribution in [0.2, 0.25) is 0 Å². The summed E-state index contributed by atoms with van der Waals surface area (Å²) in [5, 5.41) is 21.2. The molecule has 0 spiro atoms. The molecular formula is C17H18N2O3. The molecule has 1 heterocycles. The minimum Gasteiger partial charge on any atom is -0.436 e. The summed E-state index contributed by atoms with van der Waals surface area (Å²) < 4.78 is 5.77. The molecule has 0 amide bonds. The summed E-state index contributed by atoms with van der Waals surface area (Å²) in [5.74, 6) is 0.586. The number of hydrogen-bond acceptors (Lipinski definition) is 5. The molecule has 1 aromatic heterocycles. The first-order valence-electron chi connectivity index (χ1n) is 7.16. The maximum absolute atomic E-state index is 9.36. The van der Waals surface area contributed by atoms with E-state index in [-0.39, 0.29) is 13.2 Å². The number of oxazole rings is 1. The van der Waals surface area contributed by atoms with Gasteiger partial charge in [0.2, 0.25) is 5.89 Å². The lowest BCUT2D eigenvalue weighted by Crippen LogP contribution is -2.22. The van der Waals surface area contributed by atoms with Crippen LogP contribution in [0.4, 0.5) is 5.69 Å². The molecule has 3 rings (SSSR count). The number of rotatable bonds is 5. The van der Waals surface area contributed by atoms with Crippen molar-refractivity contribution in [1.82, 2.24) is 4.98 Å². The molecule has 1 unspecified atom stereocenters. The van der Waals surface area contributed by atoms with E-state index in [0.29, 0.717) is 11.5 Å². The molecule has 0 saturated heterocycles. The third-order valence-corrected chi connectivity index (χ3v) is 3.44. The van der Waals surface area contributed by atoms with Crippen molar-refractivity contribution in [2.75, 3.05) is 18.5 Å². The van der Waals surface area contributed by atoms with Crippen LogP contribution >= 0.6 is 0 Å². The molecule has 0 bridgehead atoms. The van der Waals surface area contributed by atoms with E-state index in [1.165, 1.54) is 5.56 Å². The van der Waals surface area contributed by atoms with Gasteiger partial charge in [-0.15, -0.1) is 0 Å². The molecule has 2 aromatic carbocycles. The quantitative estimate of drug-likeness (QED) is 0.674. The SMILES string of the molecule is Cc1ccc(-c2nc3cc(NCC(O)CO)ccc3o2)cc1. The van der Waals surface area contributed by atoms with Gasteiger partial charge >= 0.3 is 0 Å². The Morgan fingerprint density at radius 2 is 1.95 bits per heavy atom. The Morgan fingerprint density at radius 1 is 1.18 bits per heavy atom. The lowest BCUT2D eigenvalue weighted by atomic mass is 10.1. The van der Waals surface area contributed by atoms with Crippen LogP contribution in [0.1, 0.15) is 5.56 Å². The summed E-state index contributed by atoms with van der Waals surface area (Å²) >= 11 is 0. The monoisotopic (exact) mass is 298 g/mol. The van der Waals surface area contributed by atoms with E-state index < -0.39 is 6.10 Å². The average molecular weight is 298 g/mol. The molecule has 0 saturated carbocycles. The first kappa shape index (κ1) is 14.6. The predicted molar refractivity (Wildman–Crippen MR) is 85.8 cm³/mol.